The summed E-state index contributed by atoms with van der Waals surface area (Å²) in [6, 6.07) is 4.83. The van der Waals surface area contributed by atoms with Gasteiger partial charge in [-0.3, -0.25) is 0 Å². The van der Waals surface area contributed by atoms with E-state index >= 15 is 0 Å². The normalized spacial score (nSPS) is 24.8. The molecule has 94 valence electrons. The van der Waals surface area contributed by atoms with Gasteiger partial charge in [0.2, 0.25) is 0 Å². The first-order valence-corrected chi connectivity index (χ1v) is 6.04. The fraction of sp³-hybridized carbons (Fsp3) is 0.538. The van der Waals surface area contributed by atoms with Gasteiger partial charge in [0.15, 0.2) is 11.6 Å². The number of aliphatic hydroxyl groups is 1. The van der Waals surface area contributed by atoms with Crippen molar-refractivity contribution in [2.24, 2.45) is 0 Å². The third-order valence-corrected chi connectivity index (χ3v) is 3.30. The van der Waals surface area contributed by atoms with E-state index in [-0.39, 0.29) is 11.9 Å². The van der Waals surface area contributed by atoms with Gasteiger partial charge >= 0.3 is 0 Å². The molecule has 0 heterocycles. The Kier molecular flexibility index (Phi) is 3.97. The highest BCUT2D eigenvalue weighted by atomic mass is 19.1. The number of phenolic OH excluding ortho intramolecular Hbond substituents is 1. The van der Waals surface area contributed by atoms with Crippen LogP contribution in [0.15, 0.2) is 18.2 Å². The van der Waals surface area contributed by atoms with E-state index < -0.39 is 5.82 Å². The average Bonchev–Trinajstić information content (AvgIpc) is 2.33. The molecule has 0 unspecified atom stereocenters. The summed E-state index contributed by atoms with van der Waals surface area (Å²) < 4.78 is 13.1. The smallest absolute Gasteiger partial charge is 0.165 e. The zero-order valence-corrected chi connectivity index (χ0v) is 9.69. The second kappa shape index (κ2) is 5.47. The number of hydrogen-bond acceptors (Lipinski definition) is 3. The summed E-state index contributed by atoms with van der Waals surface area (Å²) in [7, 11) is 0. The van der Waals surface area contributed by atoms with Gasteiger partial charge in [0.25, 0.3) is 0 Å². The maximum atomic E-state index is 13.1. The molecule has 4 heteroatoms. The Bertz CT molecular complexity index is 376. The van der Waals surface area contributed by atoms with Crippen LogP contribution >= 0.6 is 0 Å². The lowest BCUT2D eigenvalue weighted by Crippen LogP contribution is -2.34. The highest BCUT2D eigenvalue weighted by Crippen LogP contribution is 2.20. The molecule has 0 spiro atoms. The molecule has 0 aliphatic heterocycles. The Hall–Kier alpha value is -1.13. The summed E-state index contributed by atoms with van der Waals surface area (Å²) in [6.45, 7) is 0.595. The molecule has 2 rings (SSSR count). The minimum atomic E-state index is -0.580. The summed E-state index contributed by atoms with van der Waals surface area (Å²) in [5.41, 5.74) is 0.825. The lowest BCUT2D eigenvalue weighted by atomic mass is 9.93. The number of hydrogen-bond donors (Lipinski definition) is 3. The van der Waals surface area contributed by atoms with E-state index in [4.69, 9.17) is 5.11 Å². The summed E-state index contributed by atoms with van der Waals surface area (Å²) in [5.74, 6) is -0.891. The molecule has 0 amide bonds. The molecule has 3 nitrogen and oxygen atoms in total. The average molecular weight is 239 g/mol. The Morgan fingerprint density at radius 1 is 1.24 bits per heavy atom. The number of rotatable bonds is 3. The van der Waals surface area contributed by atoms with Crippen molar-refractivity contribution in [2.45, 2.75) is 44.4 Å². The molecule has 1 aliphatic rings. The fourth-order valence-electron chi connectivity index (χ4n) is 2.20. The third kappa shape index (κ3) is 3.41. The molecule has 0 atom stereocenters. The first-order chi connectivity index (χ1) is 8.15. The van der Waals surface area contributed by atoms with E-state index in [0.29, 0.717) is 12.6 Å². The van der Waals surface area contributed by atoms with Gasteiger partial charge in [0.05, 0.1) is 6.10 Å². The minimum absolute atomic E-state index is 0.154. The minimum Gasteiger partial charge on any atom is -0.505 e. The summed E-state index contributed by atoms with van der Waals surface area (Å²) >= 11 is 0. The summed E-state index contributed by atoms with van der Waals surface area (Å²) in [6.07, 6.45) is 3.44. The molecule has 1 saturated carbocycles. The van der Waals surface area contributed by atoms with E-state index in [1.807, 2.05) is 0 Å². The predicted molar refractivity (Wildman–Crippen MR) is 63.2 cm³/mol. The zero-order chi connectivity index (χ0) is 12.3. The van der Waals surface area contributed by atoms with Crippen molar-refractivity contribution in [2.75, 3.05) is 0 Å². The van der Waals surface area contributed by atoms with Gasteiger partial charge in [0.1, 0.15) is 0 Å². The lowest BCUT2D eigenvalue weighted by molar-refractivity contribution is 0.116. The van der Waals surface area contributed by atoms with Crippen LogP contribution in [-0.2, 0) is 6.54 Å². The fourth-order valence-corrected chi connectivity index (χ4v) is 2.20. The van der Waals surface area contributed by atoms with E-state index in [1.165, 1.54) is 12.1 Å². The Morgan fingerprint density at radius 3 is 2.59 bits per heavy atom. The second-order valence-electron chi connectivity index (χ2n) is 4.67. The van der Waals surface area contributed by atoms with Crippen LogP contribution in [0.1, 0.15) is 31.2 Å². The first kappa shape index (κ1) is 12.3. The van der Waals surface area contributed by atoms with Crippen LogP contribution in [0.5, 0.6) is 5.75 Å². The maximum Gasteiger partial charge on any atom is 0.165 e. The maximum absolute atomic E-state index is 13.1. The van der Waals surface area contributed by atoms with Crippen LogP contribution in [0.3, 0.4) is 0 Å². The Morgan fingerprint density at radius 2 is 1.94 bits per heavy atom. The quantitative estimate of drug-likeness (QED) is 0.755. The second-order valence-corrected chi connectivity index (χ2v) is 4.67. The highest BCUT2D eigenvalue weighted by Gasteiger charge is 2.18. The summed E-state index contributed by atoms with van der Waals surface area (Å²) in [4.78, 5) is 0. The van der Waals surface area contributed by atoms with Crippen LogP contribution in [0, 0.1) is 5.82 Å². The molecule has 0 saturated heterocycles. The van der Waals surface area contributed by atoms with Crippen molar-refractivity contribution < 1.29 is 14.6 Å². The van der Waals surface area contributed by atoms with Gasteiger partial charge in [-0.25, -0.2) is 4.39 Å². The molecule has 0 radical (unpaired) electrons. The van der Waals surface area contributed by atoms with Crippen LogP contribution in [0.25, 0.3) is 0 Å². The van der Waals surface area contributed by atoms with Gasteiger partial charge in [-0.2, -0.15) is 0 Å². The van der Waals surface area contributed by atoms with Crippen LogP contribution in [0.2, 0.25) is 0 Å². The topological polar surface area (TPSA) is 52.5 Å². The van der Waals surface area contributed by atoms with E-state index in [1.54, 1.807) is 6.07 Å². The number of phenols is 1. The highest BCUT2D eigenvalue weighted by molar-refractivity contribution is 5.27. The molecule has 3 N–H and O–H groups in total. The Labute approximate surface area is 100 Å². The van der Waals surface area contributed by atoms with Crippen molar-refractivity contribution in [1.82, 2.24) is 5.32 Å². The molecular formula is C13H18FNO2. The van der Waals surface area contributed by atoms with Crippen molar-refractivity contribution in [3.63, 3.8) is 0 Å². The van der Waals surface area contributed by atoms with E-state index in [0.717, 1.165) is 31.2 Å². The SMILES string of the molecule is Oc1ccc(CNC2CCC(O)CC2)cc1F. The molecule has 1 aromatic carbocycles. The monoisotopic (exact) mass is 239 g/mol. The molecule has 1 fully saturated rings. The third-order valence-electron chi connectivity index (χ3n) is 3.30. The van der Waals surface area contributed by atoms with Crippen molar-refractivity contribution in [1.29, 1.82) is 0 Å². The number of halogens is 1. The molecule has 0 bridgehead atoms. The van der Waals surface area contributed by atoms with Gasteiger partial charge < -0.3 is 15.5 Å². The number of nitrogens with one attached hydrogen (secondary N) is 1. The number of aliphatic hydroxyl groups excluding tert-OH is 1. The predicted octanol–water partition coefficient (Wildman–Crippen LogP) is 1.92. The zero-order valence-electron chi connectivity index (χ0n) is 9.69. The molecule has 0 aromatic heterocycles. The van der Waals surface area contributed by atoms with E-state index in [2.05, 4.69) is 5.32 Å². The van der Waals surface area contributed by atoms with Crippen LogP contribution < -0.4 is 5.32 Å². The first-order valence-electron chi connectivity index (χ1n) is 6.04. The van der Waals surface area contributed by atoms with Crippen molar-refractivity contribution in [3.05, 3.63) is 29.6 Å². The van der Waals surface area contributed by atoms with Gasteiger partial charge in [-0.05, 0) is 43.4 Å². The molecule has 17 heavy (non-hydrogen) atoms. The van der Waals surface area contributed by atoms with Gasteiger partial charge in [-0.1, -0.05) is 6.07 Å². The van der Waals surface area contributed by atoms with Crippen LogP contribution in [-0.4, -0.2) is 22.4 Å². The van der Waals surface area contributed by atoms with Crippen LogP contribution in [0.4, 0.5) is 4.39 Å². The van der Waals surface area contributed by atoms with Gasteiger partial charge in [-0.15, -0.1) is 0 Å². The number of benzene rings is 1. The lowest BCUT2D eigenvalue weighted by Gasteiger charge is -2.26. The molecule has 1 aromatic rings. The molecule has 1 aliphatic carbocycles. The van der Waals surface area contributed by atoms with Crippen molar-refractivity contribution >= 4 is 0 Å². The molecular weight excluding hydrogens is 221 g/mol. The summed E-state index contributed by atoms with van der Waals surface area (Å²) in [5, 5.41) is 21.8. The Balaban J connectivity index is 1.83. The largest absolute Gasteiger partial charge is 0.505 e. The van der Waals surface area contributed by atoms with Gasteiger partial charge in [0, 0.05) is 12.6 Å². The number of aromatic hydroxyl groups is 1. The van der Waals surface area contributed by atoms with Crippen molar-refractivity contribution in [3.8, 4) is 5.75 Å². The van der Waals surface area contributed by atoms with E-state index in [9.17, 15) is 9.50 Å². The standard InChI is InChI=1S/C13H18FNO2/c14-12-7-9(1-6-13(12)17)8-15-10-2-4-11(16)5-3-10/h1,6-7,10-11,15-17H,2-5,8H2.